The van der Waals surface area contributed by atoms with Gasteiger partial charge in [-0.05, 0) is 23.0 Å². The molecule has 0 bridgehead atoms. The maximum absolute atomic E-state index is 7.00. The van der Waals surface area contributed by atoms with E-state index in [0.29, 0.717) is 11.8 Å². The van der Waals surface area contributed by atoms with Crippen molar-refractivity contribution in [2.45, 2.75) is 39.5 Å². The molecule has 1 N–H and O–H groups in total. The lowest BCUT2D eigenvalue weighted by atomic mass is 9.91. The summed E-state index contributed by atoms with van der Waals surface area (Å²) in [5.41, 5.74) is 2.99. The molecule has 0 aromatic heterocycles. The van der Waals surface area contributed by atoms with Gasteiger partial charge in [0.05, 0.1) is 0 Å². The second-order valence-electron chi connectivity index (χ2n) is 3.94. The Kier molecular flexibility index (Phi) is 6.22. The van der Waals surface area contributed by atoms with Gasteiger partial charge in [-0.25, -0.2) is 0 Å². The van der Waals surface area contributed by atoms with Crippen LogP contribution in [0.5, 0.6) is 0 Å². The summed E-state index contributed by atoms with van der Waals surface area (Å²) in [7, 11) is 1.00. The third kappa shape index (κ3) is 3.51. The van der Waals surface area contributed by atoms with Crippen LogP contribution < -0.4 is 0 Å². The lowest BCUT2D eigenvalue weighted by Crippen LogP contribution is -1.97. The van der Waals surface area contributed by atoms with Gasteiger partial charge in [-0.2, -0.15) is 0 Å². The highest BCUT2D eigenvalue weighted by Gasteiger charge is 2.07. The minimum atomic E-state index is 0.642. The Morgan fingerprint density at radius 2 is 1.07 bits per heavy atom. The molecule has 0 aliphatic carbocycles. The van der Waals surface area contributed by atoms with Gasteiger partial charge < -0.3 is 5.11 Å². The van der Waals surface area contributed by atoms with Crippen molar-refractivity contribution in [3.8, 4) is 0 Å². The monoisotopic (exact) mass is 194 g/mol. The van der Waals surface area contributed by atoms with Crippen LogP contribution in [0.2, 0.25) is 0 Å². The number of hydrogen-bond donors (Lipinski definition) is 1. The first-order chi connectivity index (χ1) is 6.63. The molecule has 0 heterocycles. The van der Waals surface area contributed by atoms with Crippen molar-refractivity contribution in [2.24, 2.45) is 0 Å². The molecule has 1 heteroatoms. The van der Waals surface area contributed by atoms with E-state index in [1.165, 1.54) is 11.1 Å². The van der Waals surface area contributed by atoms with E-state index in [9.17, 15) is 0 Å². The van der Waals surface area contributed by atoms with Crippen LogP contribution in [0.15, 0.2) is 24.3 Å². The van der Waals surface area contributed by atoms with Crippen LogP contribution in [0.4, 0.5) is 0 Å². The van der Waals surface area contributed by atoms with Crippen LogP contribution in [-0.2, 0) is 0 Å². The summed E-state index contributed by atoms with van der Waals surface area (Å²) in [5, 5.41) is 7.00. The van der Waals surface area contributed by atoms with Gasteiger partial charge in [0.25, 0.3) is 0 Å². The number of hydrogen-bond acceptors (Lipinski definition) is 1. The van der Waals surface area contributed by atoms with E-state index in [-0.39, 0.29) is 0 Å². The van der Waals surface area contributed by atoms with Gasteiger partial charge in [0, 0.05) is 7.11 Å². The molecule has 80 valence electrons. The molecule has 0 amide bonds. The third-order valence-corrected chi connectivity index (χ3v) is 2.24. The molecule has 1 rings (SSSR count). The first-order valence-corrected chi connectivity index (χ1v) is 5.16. The van der Waals surface area contributed by atoms with Crippen molar-refractivity contribution in [2.75, 3.05) is 7.11 Å². The summed E-state index contributed by atoms with van der Waals surface area (Å²) < 4.78 is 0. The quantitative estimate of drug-likeness (QED) is 0.763. The third-order valence-electron chi connectivity index (χ3n) is 2.24. The fourth-order valence-electron chi connectivity index (χ4n) is 1.56. The second kappa shape index (κ2) is 6.61. The Labute approximate surface area is 87.8 Å². The first kappa shape index (κ1) is 13.2. The topological polar surface area (TPSA) is 20.2 Å². The predicted molar refractivity (Wildman–Crippen MR) is 62.8 cm³/mol. The van der Waals surface area contributed by atoms with Gasteiger partial charge in [-0.3, -0.25) is 0 Å². The largest absolute Gasteiger partial charge is 0.400 e. The molecule has 1 aromatic carbocycles. The molecule has 0 aliphatic rings. The van der Waals surface area contributed by atoms with Gasteiger partial charge in [-0.1, -0.05) is 52.0 Å². The van der Waals surface area contributed by atoms with Gasteiger partial charge >= 0.3 is 0 Å². The van der Waals surface area contributed by atoms with Crippen LogP contribution in [0.1, 0.15) is 50.7 Å². The summed E-state index contributed by atoms with van der Waals surface area (Å²) >= 11 is 0. The van der Waals surface area contributed by atoms with Crippen molar-refractivity contribution in [1.82, 2.24) is 0 Å². The summed E-state index contributed by atoms with van der Waals surface area (Å²) in [4.78, 5) is 0. The minimum Gasteiger partial charge on any atom is -0.400 e. The zero-order valence-corrected chi connectivity index (χ0v) is 9.91. The minimum absolute atomic E-state index is 0.642. The SMILES string of the molecule is CC(C)c1ccccc1C(C)C.CO. The molecule has 0 radical (unpaired) electrons. The highest BCUT2D eigenvalue weighted by molar-refractivity contribution is 5.31. The van der Waals surface area contributed by atoms with Crippen molar-refractivity contribution >= 4 is 0 Å². The lowest BCUT2D eigenvalue weighted by molar-refractivity contribution is 0.399. The smallest absolute Gasteiger partial charge is 0.0319 e. The predicted octanol–water partition coefficient (Wildman–Crippen LogP) is 3.54. The molecular formula is C13H22O. The molecule has 0 saturated carbocycles. The zero-order valence-electron chi connectivity index (χ0n) is 9.91. The Morgan fingerprint density at radius 1 is 0.786 bits per heavy atom. The number of rotatable bonds is 2. The highest BCUT2D eigenvalue weighted by atomic mass is 16.2. The Hall–Kier alpha value is -0.820. The van der Waals surface area contributed by atoms with E-state index in [0.717, 1.165) is 7.11 Å². The summed E-state index contributed by atoms with van der Waals surface area (Å²) in [5.74, 6) is 1.28. The Balaban J connectivity index is 0.000000791. The van der Waals surface area contributed by atoms with E-state index in [2.05, 4.69) is 52.0 Å². The normalized spacial score (nSPS) is 10.0. The number of benzene rings is 1. The first-order valence-electron chi connectivity index (χ1n) is 5.16. The molecule has 1 nitrogen and oxygen atoms in total. The van der Waals surface area contributed by atoms with Crippen LogP contribution >= 0.6 is 0 Å². The van der Waals surface area contributed by atoms with E-state index < -0.39 is 0 Å². The molecule has 0 fully saturated rings. The fraction of sp³-hybridized carbons (Fsp3) is 0.538. The number of aliphatic hydroxyl groups is 1. The van der Waals surface area contributed by atoms with Crippen LogP contribution in [-0.4, -0.2) is 12.2 Å². The van der Waals surface area contributed by atoms with E-state index in [4.69, 9.17) is 5.11 Å². The van der Waals surface area contributed by atoms with E-state index in [1.807, 2.05) is 0 Å². The maximum atomic E-state index is 7.00. The molecule has 14 heavy (non-hydrogen) atoms. The number of aliphatic hydroxyl groups excluding tert-OH is 1. The summed E-state index contributed by atoms with van der Waals surface area (Å²) in [6, 6.07) is 8.72. The van der Waals surface area contributed by atoms with Crippen LogP contribution in [0.3, 0.4) is 0 Å². The van der Waals surface area contributed by atoms with Gasteiger partial charge in [0.1, 0.15) is 0 Å². The second-order valence-corrected chi connectivity index (χ2v) is 3.94. The average Bonchev–Trinajstić information content (AvgIpc) is 2.20. The highest BCUT2D eigenvalue weighted by Crippen LogP contribution is 2.25. The summed E-state index contributed by atoms with van der Waals surface area (Å²) in [6.07, 6.45) is 0. The molecule has 1 aromatic rings. The molecule has 0 unspecified atom stereocenters. The van der Waals surface area contributed by atoms with E-state index >= 15 is 0 Å². The lowest BCUT2D eigenvalue weighted by Gasteiger charge is -2.14. The summed E-state index contributed by atoms with van der Waals surface area (Å²) in [6.45, 7) is 9.00. The average molecular weight is 194 g/mol. The van der Waals surface area contributed by atoms with Gasteiger partial charge in [0.15, 0.2) is 0 Å². The van der Waals surface area contributed by atoms with Crippen LogP contribution in [0.25, 0.3) is 0 Å². The zero-order chi connectivity index (χ0) is 11.1. The van der Waals surface area contributed by atoms with E-state index in [1.54, 1.807) is 0 Å². The maximum Gasteiger partial charge on any atom is 0.0319 e. The Bertz CT molecular complexity index is 224. The van der Waals surface area contributed by atoms with Gasteiger partial charge in [0.2, 0.25) is 0 Å². The molecule has 0 atom stereocenters. The molecule has 0 spiro atoms. The fourth-order valence-corrected chi connectivity index (χ4v) is 1.56. The Morgan fingerprint density at radius 3 is 1.29 bits per heavy atom. The van der Waals surface area contributed by atoms with Crippen molar-refractivity contribution in [3.05, 3.63) is 35.4 Å². The standard InChI is InChI=1S/C12H18.CH4O/c1-9(2)11-7-5-6-8-12(11)10(3)4;1-2/h5-10H,1-4H3;2H,1H3. The van der Waals surface area contributed by atoms with Gasteiger partial charge in [-0.15, -0.1) is 0 Å². The van der Waals surface area contributed by atoms with Crippen LogP contribution in [0, 0.1) is 0 Å². The van der Waals surface area contributed by atoms with Crippen molar-refractivity contribution in [3.63, 3.8) is 0 Å². The van der Waals surface area contributed by atoms with Crippen molar-refractivity contribution in [1.29, 1.82) is 0 Å². The molecular weight excluding hydrogens is 172 g/mol. The molecule has 0 saturated heterocycles. The molecule has 0 aliphatic heterocycles. The van der Waals surface area contributed by atoms with Crippen molar-refractivity contribution < 1.29 is 5.11 Å².